The molecule has 0 unspecified atom stereocenters. The summed E-state index contributed by atoms with van der Waals surface area (Å²) in [5, 5.41) is 5.29. The molecule has 2 aromatic rings. The van der Waals surface area contributed by atoms with Gasteiger partial charge in [-0.15, -0.1) is 0 Å². The highest BCUT2D eigenvalue weighted by atomic mass is 16.5. The molecule has 1 fully saturated rings. The Morgan fingerprint density at radius 3 is 2.77 bits per heavy atom. The normalized spacial score (nSPS) is 21.5. The highest BCUT2D eigenvalue weighted by Gasteiger charge is 2.22. The molecule has 0 saturated heterocycles. The molecule has 0 aromatic heterocycles. The van der Waals surface area contributed by atoms with E-state index >= 15 is 0 Å². The molecule has 0 bridgehead atoms. The summed E-state index contributed by atoms with van der Waals surface area (Å²) in [6.45, 7) is 2.30. The summed E-state index contributed by atoms with van der Waals surface area (Å²) >= 11 is 0. The van der Waals surface area contributed by atoms with Crippen LogP contribution >= 0.6 is 0 Å². The largest absolute Gasteiger partial charge is 0.483 e. The minimum absolute atomic E-state index is 0.0216. The van der Waals surface area contributed by atoms with Gasteiger partial charge in [0.15, 0.2) is 6.61 Å². The van der Waals surface area contributed by atoms with Gasteiger partial charge in [-0.25, -0.2) is 0 Å². The fraction of sp³-hybridized carbons (Fsp3) is 0.421. The monoisotopic (exact) mass is 297 g/mol. The highest BCUT2D eigenvalue weighted by Crippen LogP contribution is 2.25. The number of carbonyl (C=O) groups excluding carboxylic acids is 1. The van der Waals surface area contributed by atoms with Crippen molar-refractivity contribution >= 4 is 16.7 Å². The second kappa shape index (κ2) is 6.82. The van der Waals surface area contributed by atoms with Crippen molar-refractivity contribution in [3.05, 3.63) is 42.5 Å². The lowest BCUT2D eigenvalue weighted by Gasteiger charge is -2.29. The lowest BCUT2D eigenvalue weighted by molar-refractivity contribution is -0.124. The van der Waals surface area contributed by atoms with Gasteiger partial charge in [-0.2, -0.15) is 0 Å². The Hall–Kier alpha value is -2.03. The molecule has 0 aliphatic heterocycles. The van der Waals surface area contributed by atoms with Gasteiger partial charge < -0.3 is 10.1 Å². The maximum atomic E-state index is 12.1. The summed E-state index contributed by atoms with van der Waals surface area (Å²) in [6.07, 6.45) is 4.77. The van der Waals surface area contributed by atoms with Gasteiger partial charge in [-0.3, -0.25) is 4.79 Å². The van der Waals surface area contributed by atoms with Crippen molar-refractivity contribution in [3.63, 3.8) is 0 Å². The molecule has 1 saturated carbocycles. The van der Waals surface area contributed by atoms with Gasteiger partial charge in [-0.1, -0.05) is 56.2 Å². The van der Waals surface area contributed by atoms with Crippen molar-refractivity contribution in [2.45, 2.75) is 38.6 Å². The van der Waals surface area contributed by atoms with Crippen LogP contribution in [0.4, 0.5) is 0 Å². The first-order chi connectivity index (χ1) is 10.7. The lowest BCUT2D eigenvalue weighted by atomic mass is 9.86. The van der Waals surface area contributed by atoms with Gasteiger partial charge >= 0.3 is 0 Å². The Kier molecular flexibility index (Phi) is 4.62. The molecule has 1 aliphatic carbocycles. The molecule has 2 atom stereocenters. The van der Waals surface area contributed by atoms with E-state index in [9.17, 15) is 4.79 Å². The van der Waals surface area contributed by atoms with Gasteiger partial charge in [0.05, 0.1) is 0 Å². The first kappa shape index (κ1) is 14.9. The second-order valence-electron chi connectivity index (χ2n) is 6.20. The smallest absolute Gasteiger partial charge is 0.258 e. The Morgan fingerprint density at radius 1 is 1.14 bits per heavy atom. The minimum Gasteiger partial charge on any atom is -0.483 e. The quantitative estimate of drug-likeness (QED) is 0.929. The maximum Gasteiger partial charge on any atom is 0.258 e. The molecule has 0 spiro atoms. The van der Waals surface area contributed by atoms with Gasteiger partial charge in [0.25, 0.3) is 5.91 Å². The van der Waals surface area contributed by atoms with Crippen LogP contribution in [-0.2, 0) is 4.79 Å². The molecule has 0 radical (unpaired) electrons. The number of rotatable bonds is 4. The van der Waals surface area contributed by atoms with Crippen LogP contribution in [0.2, 0.25) is 0 Å². The molecular weight excluding hydrogens is 274 g/mol. The van der Waals surface area contributed by atoms with Gasteiger partial charge in [-0.05, 0) is 30.2 Å². The van der Waals surface area contributed by atoms with Gasteiger partial charge in [0.1, 0.15) is 5.75 Å². The first-order valence-corrected chi connectivity index (χ1v) is 8.14. The summed E-state index contributed by atoms with van der Waals surface area (Å²) in [5.41, 5.74) is 0. The molecule has 1 amide bonds. The number of hydrogen-bond acceptors (Lipinski definition) is 2. The molecule has 0 heterocycles. The standard InChI is InChI=1S/C19H23NO2/c1-14-7-2-5-11-17(14)20-19(21)13-22-18-12-6-9-15-8-3-4-10-16(15)18/h3-4,6,8-10,12,14,17H,2,5,7,11,13H2,1H3,(H,20,21)/t14-,17-/m0/s1. The van der Waals surface area contributed by atoms with Crippen molar-refractivity contribution in [2.24, 2.45) is 5.92 Å². The third-order valence-electron chi connectivity index (χ3n) is 4.57. The molecule has 3 heteroatoms. The van der Waals surface area contributed by atoms with Crippen LogP contribution in [0.15, 0.2) is 42.5 Å². The van der Waals surface area contributed by atoms with Crippen molar-refractivity contribution in [3.8, 4) is 5.75 Å². The molecule has 3 nitrogen and oxygen atoms in total. The predicted molar refractivity (Wildman–Crippen MR) is 89.0 cm³/mol. The van der Waals surface area contributed by atoms with Crippen LogP contribution in [-0.4, -0.2) is 18.6 Å². The predicted octanol–water partition coefficient (Wildman–Crippen LogP) is 3.91. The fourth-order valence-corrected chi connectivity index (χ4v) is 3.24. The van der Waals surface area contributed by atoms with Crippen LogP contribution in [0.5, 0.6) is 5.75 Å². The van der Waals surface area contributed by atoms with E-state index in [1.54, 1.807) is 0 Å². The fourth-order valence-electron chi connectivity index (χ4n) is 3.24. The van der Waals surface area contributed by atoms with Crippen molar-refractivity contribution in [2.75, 3.05) is 6.61 Å². The third-order valence-corrected chi connectivity index (χ3v) is 4.57. The summed E-state index contributed by atoms with van der Waals surface area (Å²) < 4.78 is 5.75. The van der Waals surface area contributed by atoms with Gasteiger partial charge in [0.2, 0.25) is 0 Å². The van der Waals surface area contributed by atoms with E-state index in [-0.39, 0.29) is 12.5 Å². The summed E-state index contributed by atoms with van der Waals surface area (Å²) in [4.78, 5) is 12.1. The zero-order valence-electron chi connectivity index (χ0n) is 13.0. The number of carbonyl (C=O) groups is 1. The van der Waals surface area contributed by atoms with Crippen LogP contribution < -0.4 is 10.1 Å². The Labute approximate surface area is 131 Å². The maximum absolute atomic E-state index is 12.1. The van der Waals surface area contributed by atoms with E-state index in [2.05, 4.69) is 12.2 Å². The average Bonchev–Trinajstić information content (AvgIpc) is 2.55. The topological polar surface area (TPSA) is 38.3 Å². The Balaban J connectivity index is 1.60. The first-order valence-electron chi connectivity index (χ1n) is 8.14. The molecule has 116 valence electrons. The SMILES string of the molecule is C[C@H]1CCCC[C@@H]1NC(=O)COc1cccc2ccccc12. The van der Waals surface area contributed by atoms with E-state index in [4.69, 9.17) is 4.74 Å². The molecule has 1 N–H and O–H groups in total. The van der Waals surface area contributed by atoms with E-state index in [0.29, 0.717) is 12.0 Å². The Bertz CT molecular complexity index is 647. The second-order valence-corrected chi connectivity index (χ2v) is 6.20. The van der Waals surface area contributed by atoms with Crippen LogP contribution in [0, 0.1) is 5.92 Å². The summed E-state index contributed by atoms with van der Waals surface area (Å²) in [7, 11) is 0. The lowest BCUT2D eigenvalue weighted by Crippen LogP contribution is -2.43. The van der Waals surface area contributed by atoms with Crippen molar-refractivity contribution < 1.29 is 9.53 Å². The molecule has 22 heavy (non-hydrogen) atoms. The zero-order valence-corrected chi connectivity index (χ0v) is 13.0. The van der Waals surface area contributed by atoms with E-state index in [1.165, 1.54) is 19.3 Å². The Morgan fingerprint density at radius 2 is 1.91 bits per heavy atom. The molecular formula is C19H23NO2. The van der Waals surface area contributed by atoms with Gasteiger partial charge in [0, 0.05) is 11.4 Å². The third kappa shape index (κ3) is 3.41. The van der Waals surface area contributed by atoms with E-state index in [1.807, 2.05) is 42.5 Å². The van der Waals surface area contributed by atoms with E-state index in [0.717, 1.165) is 22.9 Å². The van der Waals surface area contributed by atoms with Crippen LogP contribution in [0.3, 0.4) is 0 Å². The summed E-state index contributed by atoms with van der Waals surface area (Å²) in [6, 6.07) is 14.3. The van der Waals surface area contributed by atoms with Crippen molar-refractivity contribution in [1.82, 2.24) is 5.32 Å². The number of amides is 1. The molecule has 3 rings (SSSR count). The minimum atomic E-state index is -0.0216. The highest BCUT2D eigenvalue weighted by molar-refractivity contribution is 5.88. The molecule has 1 aliphatic rings. The summed E-state index contributed by atoms with van der Waals surface area (Å²) in [5.74, 6) is 1.31. The number of hydrogen-bond donors (Lipinski definition) is 1. The number of nitrogens with one attached hydrogen (secondary N) is 1. The van der Waals surface area contributed by atoms with Crippen LogP contribution in [0.1, 0.15) is 32.6 Å². The number of fused-ring (bicyclic) bond motifs is 1. The van der Waals surface area contributed by atoms with Crippen LogP contribution in [0.25, 0.3) is 10.8 Å². The zero-order chi connectivity index (χ0) is 15.4. The number of ether oxygens (including phenoxy) is 1. The number of benzene rings is 2. The average molecular weight is 297 g/mol. The van der Waals surface area contributed by atoms with E-state index < -0.39 is 0 Å². The van der Waals surface area contributed by atoms with Crippen molar-refractivity contribution in [1.29, 1.82) is 0 Å². The molecule has 2 aromatic carbocycles.